The Morgan fingerprint density at radius 3 is 2.02 bits per heavy atom. The van der Waals surface area contributed by atoms with E-state index >= 15 is 0 Å². The van der Waals surface area contributed by atoms with E-state index in [2.05, 4.69) is 16.6 Å². The number of rotatable bonds is 12. The van der Waals surface area contributed by atoms with E-state index in [-0.39, 0.29) is 37.6 Å². The molecule has 2 aliphatic heterocycles. The first kappa shape index (κ1) is 38.4. The van der Waals surface area contributed by atoms with E-state index in [0.717, 1.165) is 30.4 Å². The Morgan fingerprint density at radius 1 is 0.927 bits per heavy atom. The Labute approximate surface area is 323 Å². The van der Waals surface area contributed by atoms with Crippen LogP contribution in [0.2, 0.25) is 0 Å². The van der Waals surface area contributed by atoms with E-state index in [1.807, 2.05) is 86.3 Å². The third-order valence-electron chi connectivity index (χ3n) is 11.6. The van der Waals surface area contributed by atoms with Gasteiger partial charge in [-0.15, -0.1) is 6.58 Å². The summed E-state index contributed by atoms with van der Waals surface area (Å²) < 4.78 is 27.8. The van der Waals surface area contributed by atoms with Crippen molar-refractivity contribution in [2.75, 3.05) is 19.6 Å². The second kappa shape index (κ2) is 15.0. The number of likely N-dealkylation sites (tertiary alicyclic amines) is 2. The maximum Gasteiger partial charge on any atom is 0.259 e. The predicted octanol–water partition coefficient (Wildman–Crippen LogP) is 4.49. The van der Waals surface area contributed by atoms with Gasteiger partial charge in [-0.25, -0.2) is 8.42 Å². The van der Waals surface area contributed by atoms with Gasteiger partial charge in [0.15, 0.2) is 0 Å². The van der Waals surface area contributed by atoms with Gasteiger partial charge in [-0.05, 0) is 43.9 Å². The minimum atomic E-state index is -3.89. The first-order valence-electron chi connectivity index (χ1n) is 19.4. The zero-order chi connectivity index (χ0) is 39.1. The van der Waals surface area contributed by atoms with E-state index in [4.69, 9.17) is 10.2 Å². The van der Waals surface area contributed by atoms with Gasteiger partial charge in [-0.3, -0.25) is 23.9 Å². The first-order chi connectivity index (χ1) is 26.2. The molecular weight excluding hydrogens is 719 g/mol. The second-order valence-corrected chi connectivity index (χ2v) is 18.6. The summed E-state index contributed by atoms with van der Waals surface area (Å²) in [7, 11) is -3.89. The highest BCUT2D eigenvalue weighted by Crippen LogP contribution is 2.46. The molecule has 7 rings (SSSR count). The van der Waals surface area contributed by atoms with Crippen molar-refractivity contribution in [3.8, 4) is 22.5 Å². The molecule has 3 aromatic rings. The fraction of sp³-hybridized carbons (Fsp3) is 0.512. The monoisotopic (exact) mass is 769 g/mol. The molecule has 3 heterocycles. The van der Waals surface area contributed by atoms with Crippen molar-refractivity contribution in [2.24, 2.45) is 17.3 Å². The Morgan fingerprint density at radius 2 is 1.51 bits per heavy atom. The summed E-state index contributed by atoms with van der Waals surface area (Å²) in [6.07, 6.45) is 5.70. The van der Waals surface area contributed by atoms with Gasteiger partial charge in [-0.1, -0.05) is 87.5 Å². The molecule has 1 aromatic heterocycles. The number of piperidine rings is 1. The van der Waals surface area contributed by atoms with Gasteiger partial charge in [-0.2, -0.15) is 15.0 Å². The molecule has 292 valence electrons. The van der Waals surface area contributed by atoms with Gasteiger partial charge < -0.3 is 15.1 Å². The van der Waals surface area contributed by atoms with Crippen LogP contribution in [0.1, 0.15) is 78.2 Å². The summed E-state index contributed by atoms with van der Waals surface area (Å²) >= 11 is 0. The Balaban J connectivity index is 1.22. The summed E-state index contributed by atoms with van der Waals surface area (Å²) in [6.45, 7) is 11.0. The van der Waals surface area contributed by atoms with Crippen molar-refractivity contribution in [1.29, 1.82) is 0 Å². The molecule has 4 fully saturated rings. The van der Waals surface area contributed by atoms with Crippen molar-refractivity contribution < 1.29 is 27.6 Å². The van der Waals surface area contributed by atoms with Gasteiger partial charge in [0.2, 0.25) is 27.7 Å². The van der Waals surface area contributed by atoms with Crippen molar-refractivity contribution in [3.63, 3.8) is 0 Å². The topological polar surface area (TPSA) is 164 Å². The highest BCUT2D eigenvalue weighted by atomic mass is 32.2. The van der Waals surface area contributed by atoms with E-state index < -0.39 is 62.0 Å². The fourth-order valence-electron chi connectivity index (χ4n) is 7.97. The molecule has 2 saturated carbocycles. The number of nitrogens with one attached hydrogen (secondary N) is 2. The summed E-state index contributed by atoms with van der Waals surface area (Å²) in [5, 5.41) is 12.2. The lowest BCUT2D eigenvalue weighted by atomic mass is 9.77. The van der Waals surface area contributed by atoms with Crippen LogP contribution in [0.5, 0.6) is 0 Å². The van der Waals surface area contributed by atoms with Crippen LogP contribution in [0.3, 0.4) is 0 Å². The molecule has 14 heteroatoms. The molecule has 2 N–H and O–H groups in total. The van der Waals surface area contributed by atoms with E-state index in [0.29, 0.717) is 37.3 Å². The first-order valence-corrected chi connectivity index (χ1v) is 20.9. The van der Waals surface area contributed by atoms with E-state index in [1.165, 1.54) is 11.0 Å². The smallest absolute Gasteiger partial charge is 0.259 e. The SMILES string of the molecule is C=C[C@@H]1C[C@]1(NC(=O)[C@@H]1C[C@@H](n2nc(-c3ccccc3)c(-c3ccccc3)n2)CN1C(=O)C(CC(=O)N1CCCCC1)C(C)(C)C)C(=O)NS(=O)(=O)C1CC1. The molecule has 2 aliphatic carbocycles. The normalized spacial score (nSPS) is 24.5. The highest BCUT2D eigenvalue weighted by molar-refractivity contribution is 7.91. The molecular formula is C41H51N7O6S. The van der Waals surface area contributed by atoms with Crippen LogP contribution in [0.15, 0.2) is 73.3 Å². The molecule has 2 saturated heterocycles. The van der Waals surface area contributed by atoms with Gasteiger partial charge in [0.25, 0.3) is 5.91 Å². The summed E-state index contributed by atoms with van der Waals surface area (Å²) in [4.78, 5) is 61.6. The number of nitrogens with zero attached hydrogens (tertiary/aromatic N) is 5. The molecule has 13 nitrogen and oxygen atoms in total. The van der Waals surface area contributed by atoms with Crippen LogP contribution >= 0.6 is 0 Å². The van der Waals surface area contributed by atoms with Crippen molar-refractivity contribution in [1.82, 2.24) is 34.8 Å². The molecule has 1 unspecified atom stereocenters. The predicted molar refractivity (Wildman–Crippen MR) is 207 cm³/mol. The van der Waals surface area contributed by atoms with Gasteiger partial charge >= 0.3 is 0 Å². The summed E-state index contributed by atoms with van der Waals surface area (Å²) in [6, 6.07) is 17.8. The zero-order valence-corrected chi connectivity index (χ0v) is 32.6. The van der Waals surface area contributed by atoms with Gasteiger partial charge in [0.05, 0.1) is 17.2 Å². The average Bonchev–Trinajstić information content (AvgIpc) is 4.07. The highest BCUT2D eigenvalue weighted by Gasteiger charge is 2.62. The molecule has 2 aromatic carbocycles. The third-order valence-corrected chi connectivity index (χ3v) is 13.4. The maximum atomic E-state index is 14.9. The van der Waals surface area contributed by atoms with Crippen molar-refractivity contribution in [2.45, 2.75) is 95.0 Å². The molecule has 55 heavy (non-hydrogen) atoms. The number of benzene rings is 2. The minimum Gasteiger partial charge on any atom is -0.343 e. The number of hydrogen-bond donors (Lipinski definition) is 2. The fourth-order valence-corrected chi connectivity index (χ4v) is 9.33. The average molecular weight is 770 g/mol. The van der Waals surface area contributed by atoms with Crippen molar-refractivity contribution >= 4 is 33.7 Å². The molecule has 0 radical (unpaired) electrons. The zero-order valence-electron chi connectivity index (χ0n) is 31.8. The van der Waals surface area contributed by atoms with Crippen LogP contribution in [0, 0.1) is 17.3 Å². The lowest BCUT2D eigenvalue weighted by Gasteiger charge is -2.36. The van der Waals surface area contributed by atoms with Crippen LogP contribution in [-0.2, 0) is 29.2 Å². The molecule has 4 aliphatic rings. The second-order valence-electron chi connectivity index (χ2n) is 16.6. The molecule has 0 bridgehead atoms. The van der Waals surface area contributed by atoms with Crippen LogP contribution in [0.4, 0.5) is 0 Å². The molecule has 5 atom stereocenters. The Kier molecular flexibility index (Phi) is 10.5. The largest absolute Gasteiger partial charge is 0.343 e. The number of hydrogen-bond acceptors (Lipinski definition) is 8. The Hall–Kier alpha value is -4.85. The number of sulfonamides is 1. The number of aromatic nitrogens is 3. The van der Waals surface area contributed by atoms with Crippen LogP contribution in [-0.4, -0.2) is 93.3 Å². The van der Waals surface area contributed by atoms with E-state index in [1.54, 1.807) is 4.80 Å². The maximum absolute atomic E-state index is 14.9. The lowest BCUT2D eigenvalue weighted by Crippen LogP contribution is -2.57. The van der Waals surface area contributed by atoms with Crippen LogP contribution < -0.4 is 10.0 Å². The minimum absolute atomic E-state index is 0.00191. The van der Waals surface area contributed by atoms with Gasteiger partial charge in [0, 0.05) is 49.5 Å². The number of amides is 4. The number of carbonyl (C=O) groups is 4. The van der Waals surface area contributed by atoms with Gasteiger partial charge in [0.1, 0.15) is 23.0 Å². The molecule has 0 spiro atoms. The third kappa shape index (κ3) is 7.96. The molecule has 4 amide bonds. The number of carbonyl (C=O) groups excluding carboxylic acids is 4. The van der Waals surface area contributed by atoms with Crippen molar-refractivity contribution in [3.05, 3.63) is 73.3 Å². The van der Waals surface area contributed by atoms with Crippen LogP contribution in [0.25, 0.3) is 22.5 Å². The van der Waals surface area contributed by atoms with E-state index in [9.17, 15) is 27.6 Å². The summed E-state index contributed by atoms with van der Waals surface area (Å²) in [5.41, 5.74) is 0.861. The Bertz CT molecular complexity index is 2000. The summed E-state index contributed by atoms with van der Waals surface area (Å²) in [5.74, 6) is -3.07. The standard InChI is InChI=1S/C41H51N7O6S/c1-5-29-25-41(29,39(52)45-55(53,54)31-19-20-31)42-37(50)33-23-30(26-47(33)38(51)32(40(2,3)4)24-34(49)46-21-13-8-14-22-46)48-43-35(27-15-9-6-10-16-27)36(44-48)28-17-11-7-12-18-28/h5-7,9-12,15-18,29-33H,1,8,13-14,19-26H2,2-4H3,(H,42,50)(H,45,52)/t29-,30-,32?,33+,41-/m1/s1. The quantitative estimate of drug-likeness (QED) is 0.255. The lowest BCUT2D eigenvalue weighted by molar-refractivity contribution is -0.148.